The highest BCUT2D eigenvalue weighted by molar-refractivity contribution is 5.95. The fraction of sp³-hybridized carbons (Fsp3) is 0.500. The molecule has 2 aliphatic rings. The maximum atomic E-state index is 13.8. The highest BCUT2D eigenvalue weighted by atomic mass is 16.6. The topological polar surface area (TPSA) is 125 Å². The van der Waals surface area contributed by atoms with E-state index in [0.717, 1.165) is 24.0 Å². The van der Waals surface area contributed by atoms with Crippen LogP contribution in [-0.2, 0) is 36.8 Å². The van der Waals surface area contributed by atoms with Gasteiger partial charge in [-0.25, -0.2) is 4.79 Å². The molecule has 0 unspecified atom stereocenters. The molecule has 2 aliphatic carbocycles. The molecule has 0 heterocycles. The van der Waals surface area contributed by atoms with Gasteiger partial charge in [0.1, 0.15) is 17.2 Å². The Morgan fingerprint density at radius 1 is 0.756 bits per heavy atom. The van der Waals surface area contributed by atoms with Crippen LogP contribution in [0, 0.1) is 0 Å². The van der Waals surface area contributed by atoms with E-state index in [1.165, 1.54) is 4.90 Å². The average molecular weight is 564 g/mol. The minimum absolute atomic E-state index is 0.110. The van der Waals surface area contributed by atoms with Gasteiger partial charge in [-0.05, 0) is 36.8 Å². The van der Waals surface area contributed by atoms with Gasteiger partial charge in [0.25, 0.3) is 5.91 Å². The molecule has 2 fully saturated rings. The lowest BCUT2D eigenvalue weighted by Crippen LogP contribution is -2.61. The molecule has 0 aromatic heterocycles. The number of carbonyl (C=O) groups is 4. The number of carbonyl (C=O) groups excluding carboxylic acids is 4. The zero-order valence-electron chi connectivity index (χ0n) is 23.9. The molecule has 2 saturated carbocycles. The van der Waals surface area contributed by atoms with Crippen LogP contribution >= 0.6 is 0 Å². The number of hydrogen-bond donors (Lipinski definition) is 3. The number of likely N-dealkylation sites (N-methyl/N-ethyl adjacent to an activating group) is 1. The Hall–Kier alpha value is -3.72. The van der Waals surface area contributed by atoms with E-state index in [0.29, 0.717) is 38.5 Å². The lowest BCUT2D eigenvalue weighted by Gasteiger charge is -2.34. The molecule has 220 valence electrons. The quantitative estimate of drug-likeness (QED) is 0.361. The minimum Gasteiger partial charge on any atom is -0.450 e. The van der Waals surface area contributed by atoms with E-state index < -0.39 is 41.1 Å². The first-order valence-electron chi connectivity index (χ1n) is 14.5. The Kier molecular flexibility index (Phi) is 9.81. The standard InChI is InChI=1S/C32H41N3O6/c1-35(2)29(39)31(17-9-10-18-31)34-28(38)26(22-24-15-7-4-8-16-24)41-30(40)32(19-11-12-20-32)33-27(37)25(36)21-23-13-5-3-6-14-23/h3-8,13-16,25-26,36H,9-12,17-22H2,1-2H3,(H,33,37)(H,34,38)/t25-,26+/m0/s1. The molecule has 0 spiro atoms. The summed E-state index contributed by atoms with van der Waals surface area (Å²) < 4.78 is 5.93. The molecule has 0 bridgehead atoms. The van der Waals surface area contributed by atoms with Crippen molar-refractivity contribution in [3.63, 3.8) is 0 Å². The van der Waals surface area contributed by atoms with Gasteiger partial charge in [-0.2, -0.15) is 0 Å². The Balaban J connectivity index is 1.52. The van der Waals surface area contributed by atoms with Crippen molar-refractivity contribution in [2.45, 2.75) is 87.5 Å². The molecule has 2 atom stereocenters. The number of aliphatic hydroxyl groups is 1. The van der Waals surface area contributed by atoms with Crippen LogP contribution in [0.25, 0.3) is 0 Å². The van der Waals surface area contributed by atoms with Crippen molar-refractivity contribution in [2.75, 3.05) is 14.1 Å². The van der Waals surface area contributed by atoms with Crippen LogP contribution in [0.2, 0.25) is 0 Å². The van der Waals surface area contributed by atoms with Crippen molar-refractivity contribution >= 4 is 23.7 Å². The summed E-state index contributed by atoms with van der Waals surface area (Å²) in [6.07, 6.45) is 2.40. The van der Waals surface area contributed by atoms with Gasteiger partial charge in [0.2, 0.25) is 11.8 Å². The van der Waals surface area contributed by atoms with Gasteiger partial charge in [-0.3, -0.25) is 14.4 Å². The van der Waals surface area contributed by atoms with E-state index in [2.05, 4.69) is 10.6 Å². The van der Waals surface area contributed by atoms with E-state index in [9.17, 15) is 24.3 Å². The molecule has 0 radical (unpaired) electrons. The molecule has 4 rings (SSSR count). The molecule has 0 saturated heterocycles. The maximum absolute atomic E-state index is 13.8. The third-order valence-electron chi connectivity index (χ3n) is 8.23. The highest BCUT2D eigenvalue weighted by Gasteiger charge is 2.48. The van der Waals surface area contributed by atoms with Crippen molar-refractivity contribution < 1.29 is 29.0 Å². The molecular weight excluding hydrogens is 522 g/mol. The van der Waals surface area contributed by atoms with Crippen molar-refractivity contribution in [3.05, 3.63) is 71.8 Å². The fourth-order valence-electron chi connectivity index (χ4n) is 5.98. The molecule has 9 nitrogen and oxygen atoms in total. The van der Waals surface area contributed by atoms with Crippen LogP contribution in [0.5, 0.6) is 0 Å². The van der Waals surface area contributed by atoms with Gasteiger partial charge in [0.15, 0.2) is 6.10 Å². The van der Waals surface area contributed by atoms with E-state index in [-0.39, 0.29) is 18.7 Å². The van der Waals surface area contributed by atoms with Crippen LogP contribution in [0.1, 0.15) is 62.5 Å². The second kappa shape index (κ2) is 13.3. The minimum atomic E-state index is -1.34. The van der Waals surface area contributed by atoms with Crippen molar-refractivity contribution in [2.24, 2.45) is 0 Å². The van der Waals surface area contributed by atoms with Crippen LogP contribution in [-0.4, -0.2) is 71.1 Å². The normalized spacial score (nSPS) is 18.6. The van der Waals surface area contributed by atoms with Gasteiger partial charge in [0.05, 0.1) is 0 Å². The summed E-state index contributed by atoms with van der Waals surface area (Å²) in [6, 6.07) is 18.4. The van der Waals surface area contributed by atoms with Gasteiger partial charge >= 0.3 is 5.97 Å². The predicted molar refractivity (Wildman–Crippen MR) is 154 cm³/mol. The SMILES string of the molecule is CN(C)C(=O)C1(NC(=O)[C@@H](Cc2ccccc2)OC(=O)C2(NC(=O)[C@@H](O)Cc3ccccc3)CCCC2)CCCC1. The molecule has 3 amide bonds. The number of benzene rings is 2. The number of ether oxygens (including phenoxy) is 1. The molecule has 9 heteroatoms. The van der Waals surface area contributed by atoms with E-state index in [1.54, 1.807) is 14.1 Å². The van der Waals surface area contributed by atoms with Gasteiger partial charge in [-0.1, -0.05) is 86.3 Å². The number of rotatable bonds is 11. The molecule has 2 aromatic rings. The third-order valence-corrected chi connectivity index (χ3v) is 8.23. The first kappa shape index (κ1) is 30.2. The van der Waals surface area contributed by atoms with E-state index >= 15 is 0 Å². The molecular formula is C32H41N3O6. The largest absolute Gasteiger partial charge is 0.450 e. The number of amides is 3. The van der Waals surface area contributed by atoms with Gasteiger partial charge in [-0.15, -0.1) is 0 Å². The summed E-state index contributed by atoms with van der Waals surface area (Å²) in [6.45, 7) is 0. The van der Waals surface area contributed by atoms with Crippen molar-refractivity contribution in [1.29, 1.82) is 0 Å². The lowest BCUT2D eigenvalue weighted by molar-refractivity contribution is -0.165. The Bertz CT molecular complexity index is 1200. The van der Waals surface area contributed by atoms with Crippen LogP contribution in [0.4, 0.5) is 0 Å². The summed E-state index contributed by atoms with van der Waals surface area (Å²) in [5.41, 5.74) is -0.787. The summed E-state index contributed by atoms with van der Waals surface area (Å²) in [4.78, 5) is 55.2. The van der Waals surface area contributed by atoms with Crippen molar-refractivity contribution in [3.8, 4) is 0 Å². The zero-order valence-corrected chi connectivity index (χ0v) is 23.9. The summed E-state index contributed by atoms with van der Waals surface area (Å²) in [5.74, 6) is -2.08. The van der Waals surface area contributed by atoms with Crippen molar-refractivity contribution in [1.82, 2.24) is 15.5 Å². The monoisotopic (exact) mass is 563 g/mol. The average Bonchev–Trinajstić information content (AvgIpc) is 3.64. The van der Waals surface area contributed by atoms with E-state index in [1.807, 2.05) is 60.7 Å². The molecule has 0 aliphatic heterocycles. The number of nitrogens with one attached hydrogen (secondary N) is 2. The number of hydrogen-bond acceptors (Lipinski definition) is 6. The fourth-order valence-corrected chi connectivity index (χ4v) is 5.98. The lowest BCUT2D eigenvalue weighted by atomic mass is 9.94. The van der Waals surface area contributed by atoms with E-state index in [4.69, 9.17) is 4.74 Å². The smallest absolute Gasteiger partial charge is 0.332 e. The number of nitrogens with zero attached hydrogens (tertiary/aromatic N) is 1. The zero-order chi connectivity index (χ0) is 29.5. The summed E-state index contributed by atoms with van der Waals surface area (Å²) in [7, 11) is 3.32. The number of esters is 1. The molecule has 3 N–H and O–H groups in total. The second-order valence-electron chi connectivity index (χ2n) is 11.5. The third kappa shape index (κ3) is 7.33. The molecule has 41 heavy (non-hydrogen) atoms. The summed E-state index contributed by atoms with van der Waals surface area (Å²) >= 11 is 0. The first-order chi connectivity index (χ1) is 19.6. The van der Waals surface area contributed by atoms with Crippen LogP contribution in [0.3, 0.4) is 0 Å². The summed E-state index contributed by atoms with van der Waals surface area (Å²) in [5, 5.41) is 16.3. The Labute approximate surface area is 241 Å². The number of aliphatic hydroxyl groups excluding tert-OH is 1. The Morgan fingerprint density at radius 3 is 1.73 bits per heavy atom. The predicted octanol–water partition coefficient (Wildman–Crippen LogP) is 2.69. The van der Waals surface area contributed by atoms with Gasteiger partial charge in [0, 0.05) is 26.9 Å². The van der Waals surface area contributed by atoms with Crippen LogP contribution < -0.4 is 10.6 Å². The Morgan fingerprint density at radius 2 is 1.22 bits per heavy atom. The second-order valence-corrected chi connectivity index (χ2v) is 11.5. The maximum Gasteiger partial charge on any atom is 0.332 e. The highest BCUT2D eigenvalue weighted by Crippen LogP contribution is 2.33. The van der Waals surface area contributed by atoms with Gasteiger partial charge < -0.3 is 25.4 Å². The first-order valence-corrected chi connectivity index (χ1v) is 14.5. The van der Waals surface area contributed by atoms with Crippen LogP contribution in [0.15, 0.2) is 60.7 Å². The molecule has 2 aromatic carbocycles.